The largest absolute Gasteiger partial charge is 0.458 e. The number of Topliss-reactive ketones (excluding diaryl/α,β-unsaturated/α-hetero) is 1. The topological polar surface area (TPSA) is 109 Å². The Morgan fingerprint density at radius 3 is 2.54 bits per heavy atom. The Hall–Kier alpha value is -1.61. The minimum atomic E-state index is -1.23. The fraction of sp³-hybridized carbons (Fsp3) is 0.741. The van der Waals surface area contributed by atoms with Crippen LogP contribution in [0.5, 0.6) is 0 Å². The van der Waals surface area contributed by atoms with Crippen molar-refractivity contribution >= 4 is 29.2 Å². The molecule has 0 saturated carbocycles. The Morgan fingerprint density at radius 1 is 1.23 bits per heavy atom. The number of fused-ring (bicyclic) bond motifs is 1. The van der Waals surface area contributed by atoms with Gasteiger partial charge < -0.3 is 19.7 Å². The number of aliphatic hydroxyl groups excluding tert-OH is 2. The molecule has 2 aliphatic rings. The maximum absolute atomic E-state index is 13.2. The molecule has 3 rings (SSSR count). The molecular weight excluding hydrogens is 466 g/mol. The van der Waals surface area contributed by atoms with E-state index in [1.807, 2.05) is 32.2 Å². The van der Waals surface area contributed by atoms with Gasteiger partial charge in [0.1, 0.15) is 11.9 Å². The highest BCUT2D eigenvalue weighted by Gasteiger charge is 2.53. The van der Waals surface area contributed by atoms with Crippen molar-refractivity contribution in [3.8, 4) is 0 Å². The van der Waals surface area contributed by atoms with Gasteiger partial charge in [0, 0.05) is 17.7 Å². The molecule has 0 aliphatic carbocycles. The molecule has 0 spiro atoms. The van der Waals surface area contributed by atoms with Gasteiger partial charge in [0.05, 0.1) is 46.5 Å². The van der Waals surface area contributed by atoms with Gasteiger partial charge in [0.2, 0.25) is 0 Å². The van der Waals surface area contributed by atoms with Crippen LogP contribution in [0.25, 0.3) is 6.08 Å². The van der Waals surface area contributed by atoms with Gasteiger partial charge in [-0.3, -0.25) is 9.59 Å². The summed E-state index contributed by atoms with van der Waals surface area (Å²) in [6.07, 6.45) is 1.98. The van der Waals surface area contributed by atoms with Crippen molar-refractivity contribution in [1.82, 2.24) is 4.98 Å². The molecule has 2 fully saturated rings. The standard InChI is InChI=1S/C27H41NO6S/c1-15-9-8-10-27(7)22(34-27)12-20(16(2)11-19-14-35-18(4)28-19)33-23(30)13-21(29)26(5,6)25(32)17(3)24(15)31/h11,14-15,17,20-22,24,29,31H,8-10,12-13H2,1-7H3/b16-11+/t15-,17+,20-,21-,22+,24-,27-/m0/s1. The summed E-state index contributed by atoms with van der Waals surface area (Å²) >= 11 is 1.56. The predicted octanol–water partition coefficient (Wildman–Crippen LogP) is 4.48. The predicted molar refractivity (Wildman–Crippen MR) is 136 cm³/mol. The molecule has 2 saturated heterocycles. The van der Waals surface area contributed by atoms with E-state index in [-0.39, 0.29) is 29.8 Å². The molecule has 7 nitrogen and oxygen atoms in total. The Kier molecular flexibility index (Phi) is 8.62. The number of hydrogen-bond acceptors (Lipinski definition) is 8. The molecule has 2 N–H and O–H groups in total. The Labute approximate surface area is 212 Å². The van der Waals surface area contributed by atoms with Crippen molar-refractivity contribution < 1.29 is 29.3 Å². The molecule has 0 bridgehead atoms. The third-order valence-electron chi connectivity index (χ3n) is 7.93. The van der Waals surface area contributed by atoms with Crippen LogP contribution in [-0.2, 0) is 19.1 Å². The van der Waals surface area contributed by atoms with E-state index in [2.05, 4.69) is 11.9 Å². The first-order valence-electron chi connectivity index (χ1n) is 12.6. The van der Waals surface area contributed by atoms with Gasteiger partial charge in [0.15, 0.2) is 0 Å². The summed E-state index contributed by atoms with van der Waals surface area (Å²) in [5.41, 5.74) is 0.179. The number of cyclic esters (lactones) is 1. The summed E-state index contributed by atoms with van der Waals surface area (Å²) in [7, 11) is 0. The minimum Gasteiger partial charge on any atom is -0.458 e. The Morgan fingerprint density at radius 2 is 1.91 bits per heavy atom. The number of ether oxygens (including phenoxy) is 2. The number of ketones is 1. The van der Waals surface area contributed by atoms with Crippen LogP contribution in [0.1, 0.15) is 84.3 Å². The van der Waals surface area contributed by atoms with E-state index < -0.39 is 35.6 Å². The highest BCUT2D eigenvalue weighted by Crippen LogP contribution is 2.45. The zero-order valence-corrected chi connectivity index (χ0v) is 22.9. The van der Waals surface area contributed by atoms with E-state index in [0.717, 1.165) is 35.5 Å². The number of carbonyl (C=O) groups excluding carboxylic acids is 2. The summed E-state index contributed by atoms with van der Waals surface area (Å²) in [6, 6.07) is 0. The number of nitrogens with zero attached hydrogens (tertiary/aromatic N) is 1. The van der Waals surface area contributed by atoms with Crippen molar-refractivity contribution in [3.63, 3.8) is 0 Å². The average molecular weight is 508 g/mol. The monoisotopic (exact) mass is 507 g/mol. The summed E-state index contributed by atoms with van der Waals surface area (Å²) in [5, 5.41) is 24.6. The molecule has 0 amide bonds. The molecule has 0 unspecified atom stereocenters. The van der Waals surface area contributed by atoms with E-state index in [1.165, 1.54) is 0 Å². The minimum absolute atomic E-state index is 0.0455. The quantitative estimate of drug-likeness (QED) is 0.449. The van der Waals surface area contributed by atoms with Gasteiger partial charge in [-0.15, -0.1) is 11.3 Å². The van der Waals surface area contributed by atoms with Gasteiger partial charge in [-0.25, -0.2) is 4.98 Å². The normalized spacial score (nSPS) is 37.5. The highest BCUT2D eigenvalue weighted by molar-refractivity contribution is 7.09. The van der Waals surface area contributed by atoms with Crippen LogP contribution in [0, 0.1) is 24.2 Å². The number of aryl methyl sites for hydroxylation is 1. The number of rotatable bonds is 2. The number of esters is 1. The van der Waals surface area contributed by atoms with Crippen molar-refractivity contribution in [1.29, 1.82) is 0 Å². The summed E-state index contributed by atoms with van der Waals surface area (Å²) < 4.78 is 11.9. The molecule has 0 aromatic carbocycles. The zero-order chi connectivity index (χ0) is 26.1. The third-order valence-corrected chi connectivity index (χ3v) is 8.72. The lowest BCUT2D eigenvalue weighted by atomic mass is 9.73. The van der Waals surface area contributed by atoms with E-state index in [1.54, 1.807) is 32.1 Å². The second-order valence-electron chi connectivity index (χ2n) is 11.3. The molecule has 3 heterocycles. The maximum atomic E-state index is 13.2. The molecule has 2 aliphatic heterocycles. The summed E-state index contributed by atoms with van der Waals surface area (Å²) in [6.45, 7) is 12.8. The van der Waals surface area contributed by atoms with Crippen LogP contribution in [0.3, 0.4) is 0 Å². The summed E-state index contributed by atoms with van der Waals surface area (Å²) in [4.78, 5) is 30.6. The maximum Gasteiger partial charge on any atom is 0.309 e. The molecule has 7 atom stereocenters. The van der Waals surface area contributed by atoms with Crippen LogP contribution in [0.15, 0.2) is 11.0 Å². The molecule has 1 aromatic heterocycles. The molecule has 8 heteroatoms. The second kappa shape index (κ2) is 10.8. The van der Waals surface area contributed by atoms with Gasteiger partial charge in [0.25, 0.3) is 0 Å². The van der Waals surface area contributed by atoms with Crippen LogP contribution in [0.2, 0.25) is 0 Å². The first kappa shape index (κ1) is 28.0. The lowest BCUT2D eigenvalue weighted by Crippen LogP contribution is -2.45. The fourth-order valence-corrected chi connectivity index (χ4v) is 5.64. The van der Waals surface area contributed by atoms with Crippen molar-refractivity contribution in [3.05, 3.63) is 21.7 Å². The Balaban J connectivity index is 1.85. The first-order chi connectivity index (χ1) is 16.2. The van der Waals surface area contributed by atoms with Crippen LogP contribution < -0.4 is 0 Å². The number of aliphatic hydroxyl groups is 2. The van der Waals surface area contributed by atoms with Crippen molar-refractivity contribution in [2.45, 2.75) is 111 Å². The first-order valence-corrected chi connectivity index (χ1v) is 13.5. The molecule has 0 radical (unpaired) electrons. The fourth-order valence-electron chi connectivity index (χ4n) is 5.07. The number of carbonyl (C=O) groups is 2. The summed E-state index contributed by atoms with van der Waals surface area (Å²) in [5.74, 6) is -1.55. The molecular formula is C27H41NO6S. The van der Waals surface area contributed by atoms with Crippen molar-refractivity contribution in [2.24, 2.45) is 17.3 Å². The molecule has 35 heavy (non-hydrogen) atoms. The van der Waals surface area contributed by atoms with Gasteiger partial charge >= 0.3 is 5.97 Å². The zero-order valence-electron chi connectivity index (χ0n) is 22.0. The highest BCUT2D eigenvalue weighted by atomic mass is 32.1. The molecule has 196 valence electrons. The number of epoxide rings is 1. The van der Waals surface area contributed by atoms with E-state index in [4.69, 9.17) is 9.47 Å². The van der Waals surface area contributed by atoms with E-state index in [0.29, 0.717) is 6.42 Å². The second-order valence-corrected chi connectivity index (χ2v) is 12.3. The van der Waals surface area contributed by atoms with Crippen LogP contribution >= 0.6 is 11.3 Å². The van der Waals surface area contributed by atoms with Gasteiger partial charge in [-0.2, -0.15) is 0 Å². The number of aromatic nitrogens is 1. The number of hydrogen-bond donors (Lipinski definition) is 2. The van der Waals surface area contributed by atoms with Crippen LogP contribution in [-0.4, -0.2) is 57.0 Å². The third kappa shape index (κ3) is 6.59. The lowest BCUT2D eigenvalue weighted by molar-refractivity contribution is -0.154. The van der Waals surface area contributed by atoms with Crippen molar-refractivity contribution in [2.75, 3.05) is 0 Å². The Bertz CT molecular complexity index is 955. The SMILES string of the molecule is C/C(=C\c1csc(C)n1)[C@@H]1C[C@H]2O[C@@]2(C)CCC[C@H](C)[C@H](O)[C@@H](C)C(=O)C(C)(C)[C@@H](O)CC(=O)O1. The molecule has 1 aromatic rings. The smallest absolute Gasteiger partial charge is 0.309 e. The van der Waals surface area contributed by atoms with E-state index in [9.17, 15) is 19.8 Å². The number of thiazole rings is 1. The van der Waals surface area contributed by atoms with Gasteiger partial charge in [-0.1, -0.05) is 34.1 Å². The lowest BCUT2D eigenvalue weighted by Gasteiger charge is -2.34. The van der Waals surface area contributed by atoms with E-state index >= 15 is 0 Å². The van der Waals surface area contributed by atoms with Crippen LogP contribution in [0.4, 0.5) is 0 Å². The van der Waals surface area contributed by atoms with Gasteiger partial charge in [-0.05, 0) is 51.2 Å². The average Bonchev–Trinajstić information content (AvgIpc) is 3.22.